The Hall–Kier alpha value is -3.18. The van der Waals surface area contributed by atoms with Gasteiger partial charge in [-0.25, -0.2) is 9.78 Å². The van der Waals surface area contributed by atoms with Crippen LogP contribution in [0.5, 0.6) is 5.88 Å². The van der Waals surface area contributed by atoms with Crippen molar-refractivity contribution in [3.63, 3.8) is 0 Å². The lowest BCUT2D eigenvalue weighted by Crippen LogP contribution is -2.57. The van der Waals surface area contributed by atoms with E-state index < -0.39 is 0 Å². The molecule has 2 heterocycles. The van der Waals surface area contributed by atoms with Gasteiger partial charge in [0.15, 0.2) is 0 Å². The Morgan fingerprint density at radius 1 is 1.19 bits per heavy atom. The molecule has 2 saturated carbocycles. The molecule has 8 heteroatoms. The molecule has 8 nitrogen and oxygen atoms in total. The van der Waals surface area contributed by atoms with E-state index in [4.69, 9.17) is 4.74 Å². The van der Waals surface area contributed by atoms with Crippen molar-refractivity contribution in [2.45, 2.75) is 62.9 Å². The number of carbonyl (C=O) groups is 1. The summed E-state index contributed by atoms with van der Waals surface area (Å²) in [6.45, 7) is 4.58. The quantitative estimate of drug-likeness (QED) is 0.568. The Morgan fingerprint density at radius 2 is 1.92 bits per heavy atom. The van der Waals surface area contributed by atoms with Crippen LogP contribution in [0.2, 0.25) is 0 Å². The zero-order valence-corrected chi connectivity index (χ0v) is 21.6. The maximum atomic E-state index is 14.0. The lowest BCUT2D eigenvalue weighted by Gasteiger charge is -2.52. The molecule has 1 aliphatic heterocycles. The predicted octanol–water partition coefficient (Wildman–Crippen LogP) is 4.56. The summed E-state index contributed by atoms with van der Waals surface area (Å²) in [7, 11) is 3.74. The van der Waals surface area contributed by atoms with Gasteiger partial charge in [0.25, 0.3) is 0 Å². The summed E-state index contributed by atoms with van der Waals surface area (Å²) in [5.41, 5.74) is 1.63. The third-order valence-corrected chi connectivity index (χ3v) is 9.00. The van der Waals surface area contributed by atoms with Gasteiger partial charge in [-0.2, -0.15) is 10.2 Å². The van der Waals surface area contributed by atoms with Gasteiger partial charge < -0.3 is 9.64 Å². The lowest BCUT2D eigenvalue weighted by molar-refractivity contribution is 0.00833. The number of aromatic nitrogens is 2. The van der Waals surface area contributed by atoms with Crippen LogP contribution in [0.1, 0.15) is 63.3 Å². The molecule has 1 saturated heterocycles. The maximum Gasteiger partial charge on any atom is 0.325 e. The van der Waals surface area contributed by atoms with Crippen LogP contribution in [0.4, 0.5) is 10.5 Å². The fraction of sp³-hybridized carbons (Fsp3) is 0.571. The van der Waals surface area contributed by atoms with Gasteiger partial charge in [0, 0.05) is 12.1 Å². The minimum atomic E-state index is -0.238. The Bertz CT molecular complexity index is 1130. The van der Waals surface area contributed by atoms with Crippen LogP contribution in [0, 0.1) is 17.2 Å². The van der Waals surface area contributed by atoms with Gasteiger partial charge >= 0.3 is 6.03 Å². The van der Waals surface area contributed by atoms with E-state index in [1.807, 2.05) is 6.07 Å². The van der Waals surface area contributed by atoms with Crippen molar-refractivity contribution in [1.82, 2.24) is 19.8 Å². The molecule has 1 aromatic heterocycles. The molecule has 36 heavy (non-hydrogen) atoms. The summed E-state index contributed by atoms with van der Waals surface area (Å²) in [4.78, 5) is 28.8. The van der Waals surface area contributed by atoms with Crippen molar-refractivity contribution in [2.75, 3.05) is 38.7 Å². The highest BCUT2D eigenvalue weighted by molar-refractivity contribution is 5.96. The first-order chi connectivity index (χ1) is 17.5. The molecule has 3 fully saturated rings. The van der Waals surface area contributed by atoms with Gasteiger partial charge in [-0.15, -0.1) is 0 Å². The van der Waals surface area contributed by atoms with E-state index in [0.717, 1.165) is 38.8 Å². The third kappa shape index (κ3) is 4.00. The maximum absolute atomic E-state index is 14.0. The molecule has 2 aromatic rings. The molecular formula is C28H36N6O2. The van der Waals surface area contributed by atoms with E-state index in [-0.39, 0.29) is 28.8 Å². The molecule has 0 radical (unpaired) electrons. The standard InChI is InChI=1S/C28H36N6O2/c1-4-32(2)28(22-11-6-5-7-12-22)15-13-27(14-16-28)20-33(26(35)34(27)19-21-9-8-10-21)23-18-30-24(17-29)31-25(23)36-3/h5-7,11-12,18,21H,4,8-10,13-16,19-20H2,1-3H3/t27-,28+. The van der Waals surface area contributed by atoms with Gasteiger partial charge in [0.1, 0.15) is 11.8 Å². The van der Waals surface area contributed by atoms with Crippen LogP contribution in [0.3, 0.4) is 0 Å². The van der Waals surface area contributed by atoms with E-state index in [9.17, 15) is 10.1 Å². The van der Waals surface area contributed by atoms with Crippen molar-refractivity contribution in [1.29, 1.82) is 5.26 Å². The topological polar surface area (TPSA) is 85.6 Å². The molecule has 2 aliphatic carbocycles. The number of amides is 2. The molecular weight excluding hydrogens is 452 g/mol. The summed E-state index contributed by atoms with van der Waals surface area (Å²) in [6.07, 6.45) is 9.03. The zero-order chi connectivity index (χ0) is 25.3. The number of ether oxygens (including phenoxy) is 1. The SMILES string of the molecule is CCN(C)[C@]1(c2ccccc2)CC[C@]2(CC1)CN(c1cnc(C#N)nc1OC)C(=O)N2CC1CCC1. The molecule has 0 bridgehead atoms. The second kappa shape index (κ2) is 9.70. The molecule has 0 unspecified atom stereocenters. The number of methoxy groups -OCH3 is 1. The zero-order valence-electron chi connectivity index (χ0n) is 21.6. The molecule has 1 spiro atoms. The molecule has 1 aromatic carbocycles. The minimum absolute atomic E-state index is 0.00423. The fourth-order valence-electron chi connectivity index (χ4n) is 6.44. The van der Waals surface area contributed by atoms with Crippen LogP contribution in [0.15, 0.2) is 36.5 Å². The first-order valence-corrected chi connectivity index (χ1v) is 13.1. The largest absolute Gasteiger partial charge is 0.479 e. The van der Waals surface area contributed by atoms with Crippen molar-refractivity contribution in [3.8, 4) is 11.9 Å². The molecule has 5 rings (SSSR count). The summed E-state index contributed by atoms with van der Waals surface area (Å²) in [6, 6.07) is 12.8. The monoisotopic (exact) mass is 488 g/mol. The van der Waals surface area contributed by atoms with Crippen molar-refractivity contribution >= 4 is 11.7 Å². The van der Waals surface area contributed by atoms with E-state index in [1.165, 1.54) is 31.9 Å². The van der Waals surface area contributed by atoms with Gasteiger partial charge in [0.05, 0.1) is 25.4 Å². The van der Waals surface area contributed by atoms with Crippen molar-refractivity contribution in [2.24, 2.45) is 5.92 Å². The Labute approximate surface area is 213 Å². The smallest absolute Gasteiger partial charge is 0.325 e. The number of hydrogen-bond acceptors (Lipinski definition) is 6. The number of urea groups is 1. The minimum Gasteiger partial charge on any atom is -0.479 e. The molecule has 190 valence electrons. The van der Waals surface area contributed by atoms with Crippen molar-refractivity contribution < 1.29 is 9.53 Å². The summed E-state index contributed by atoms with van der Waals surface area (Å²) in [5.74, 6) is 0.885. The van der Waals surface area contributed by atoms with E-state index in [0.29, 0.717) is 18.2 Å². The number of nitriles is 1. The number of hydrogen-bond donors (Lipinski definition) is 0. The average Bonchev–Trinajstić information content (AvgIpc) is 3.16. The van der Waals surface area contributed by atoms with Crippen LogP contribution in [0.25, 0.3) is 0 Å². The van der Waals surface area contributed by atoms with Gasteiger partial charge in [0.2, 0.25) is 11.7 Å². The van der Waals surface area contributed by atoms with Crippen LogP contribution in [-0.4, -0.2) is 65.1 Å². The first kappa shape index (κ1) is 24.5. The van der Waals surface area contributed by atoms with E-state index >= 15 is 0 Å². The number of benzene rings is 1. The Morgan fingerprint density at radius 3 is 2.50 bits per heavy atom. The average molecular weight is 489 g/mol. The Kier molecular flexibility index (Phi) is 6.60. The molecule has 2 amide bonds. The molecule has 3 aliphatic rings. The van der Waals surface area contributed by atoms with Crippen LogP contribution in [-0.2, 0) is 5.54 Å². The van der Waals surface area contributed by atoms with Crippen molar-refractivity contribution in [3.05, 3.63) is 47.9 Å². The molecule has 0 atom stereocenters. The predicted molar refractivity (Wildman–Crippen MR) is 138 cm³/mol. The van der Waals surface area contributed by atoms with Gasteiger partial charge in [-0.05, 0) is 63.6 Å². The number of nitrogens with zero attached hydrogens (tertiary/aromatic N) is 6. The van der Waals surface area contributed by atoms with Crippen LogP contribution >= 0.6 is 0 Å². The number of anilines is 1. The van der Waals surface area contributed by atoms with E-state index in [2.05, 4.69) is 64.1 Å². The lowest BCUT2D eigenvalue weighted by atomic mass is 9.68. The fourth-order valence-corrected chi connectivity index (χ4v) is 6.44. The first-order valence-electron chi connectivity index (χ1n) is 13.1. The normalized spacial score (nSPS) is 26.4. The van der Waals surface area contributed by atoms with Gasteiger partial charge in [-0.1, -0.05) is 43.7 Å². The number of carbonyl (C=O) groups excluding carboxylic acids is 1. The molecule has 0 N–H and O–H groups in total. The second-order valence-corrected chi connectivity index (χ2v) is 10.6. The van der Waals surface area contributed by atoms with Gasteiger partial charge in [-0.3, -0.25) is 9.80 Å². The summed E-state index contributed by atoms with van der Waals surface area (Å²) < 4.78 is 5.49. The number of rotatable bonds is 7. The highest BCUT2D eigenvalue weighted by Crippen LogP contribution is 2.51. The highest BCUT2D eigenvalue weighted by Gasteiger charge is 2.55. The Balaban J connectivity index is 1.48. The second-order valence-electron chi connectivity index (χ2n) is 10.6. The summed E-state index contributed by atoms with van der Waals surface area (Å²) in [5, 5.41) is 9.22. The van der Waals surface area contributed by atoms with Crippen LogP contribution < -0.4 is 9.64 Å². The summed E-state index contributed by atoms with van der Waals surface area (Å²) >= 11 is 0. The highest BCUT2D eigenvalue weighted by atomic mass is 16.5. The third-order valence-electron chi connectivity index (χ3n) is 9.00. The van der Waals surface area contributed by atoms with E-state index in [1.54, 1.807) is 11.1 Å².